The molecule has 0 radical (unpaired) electrons. The van der Waals surface area contributed by atoms with Crippen LogP contribution in [0, 0.1) is 52.3 Å². The molecule has 4 fully saturated rings. The van der Waals surface area contributed by atoms with Crippen LogP contribution in [0.3, 0.4) is 0 Å². The van der Waals surface area contributed by atoms with Crippen molar-refractivity contribution in [3.05, 3.63) is 11.6 Å². The Morgan fingerprint density at radius 1 is 0.971 bits per heavy atom. The van der Waals surface area contributed by atoms with Gasteiger partial charge in [0.15, 0.2) is 5.12 Å². The van der Waals surface area contributed by atoms with Gasteiger partial charge in [-0.2, -0.15) is 0 Å². The minimum Gasteiger partial charge on any atom is -0.287 e. The molecule has 2 heteroatoms. The third kappa shape index (κ3) is 4.97. The van der Waals surface area contributed by atoms with Crippen LogP contribution in [-0.4, -0.2) is 10.4 Å². The zero-order valence-electron chi connectivity index (χ0n) is 23.6. The highest BCUT2D eigenvalue weighted by Crippen LogP contribution is 2.67. The molecule has 0 aromatic carbocycles. The Bertz CT molecular complexity index is 793. The van der Waals surface area contributed by atoms with Crippen molar-refractivity contribution >= 4 is 16.9 Å². The first-order chi connectivity index (χ1) is 16.7. The molecule has 0 bridgehead atoms. The first kappa shape index (κ1) is 26.4. The fraction of sp³-hybridized carbons (Fsp3) is 0.909. The van der Waals surface area contributed by atoms with Crippen LogP contribution in [0.5, 0.6) is 0 Å². The van der Waals surface area contributed by atoms with E-state index in [1.807, 2.05) is 0 Å². The van der Waals surface area contributed by atoms with E-state index in [0.29, 0.717) is 27.1 Å². The summed E-state index contributed by atoms with van der Waals surface area (Å²) in [7, 11) is 0. The maximum Gasteiger partial charge on any atom is 0.192 e. The first-order valence-electron chi connectivity index (χ1n) is 15.6. The minimum atomic E-state index is 0.372. The Morgan fingerprint density at radius 3 is 2.49 bits per heavy atom. The van der Waals surface area contributed by atoms with Gasteiger partial charge in [-0.1, -0.05) is 90.1 Å². The van der Waals surface area contributed by atoms with E-state index in [0.717, 1.165) is 48.3 Å². The van der Waals surface area contributed by atoms with Crippen molar-refractivity contribution in [2.75, 3.05) is 0 Å². The fourth-order valence-corrected chi connectivity index (χ4v) is 11.4. The number of fused-ring (bicyclic) bond motifs is 5. The number of rotatable bonds is 7. The van der Waals surface area contributed by atoms with Gasteiger partial charge in [-0.25, -0.2) is 0 Å². The van der Waals surface area contributed by atoms with E-state index < -0.39 is 0 Å². The van der Waals surface area contributed by atoms with E-state index in [9.17, 15) is 4.79 Å². The lowest BCUT2D eigenvalue weighted by molar-refractivity contribution is -0.114. The van der Waals surface area contributed by atoms with Gasteiger partial charge < -0.3 is 0 Å². The molecule has 0 N–H and O–H groups in total. The standard InChI is InChI=1S/C33H54OS/c1-22(2)9-8-10-23(3)28-15-16-29-27-14-13-25-21-26(35-31(34)24-11-6-7-12-24)17-19-32(25,4)30(27)18-20-33(28,29)5/h13,22-24,26-30H,6-12,14-21H2,1-5H3/t23-,26+,27-,28+,29-,30-,32-,33+/m0/s1. The number of carbonyl (C=O) groups excluding carboxylic acids is 1. The van der Waals surface area contributed by atoms with Gasteiger partial charge in [0.2, 0.25) is 0 Å². The molecule has 5 aliphatic carbocycles. The quantitative estimate of drug-likeness (QED) is 0.325. The monoisotopic (exact) mass is 498 g/mol. The van der Waals surface area contributed by atoms with E-state index in [4.69, 9.17) is 0 Å². The second-order valence-corrected chi connectivity index (χ2v) is 15.9. The highest BCUT2D eigenvalue weighted by Gasteiger charge is 2.59. The van der Waals surface area contributed by atoms with Crippen LogP contribution >= 0.6 is 11.8 Å². The van der Waals surface area contributed by atoms with Gasteiger partial charge in [0.05, 0.1) is 0 Å². The Labute approximate surface area is 221 Å². The van der Waals surface area contributed by atoms with Crippen molar-refractivity contribution in [1.82, 2.24) is 0 Å². The molecular weight excluding hydrogens is 444 g/mol. The molecule has 35 heavy (non-hydrogen) atoms. The van der Waals surface area contributed by atoms with Gasteiger partial charge in [-0.3, -0.25) is 4.79 Å². The Kier molecular flexibility index (Phi) is 7.91. The van der Waals surface area contributed by atoms with Gasteiger partial charge in [-0.15, -0.1) is 0 Å². The number of hydrogen-bond acceptors (Lipinski definition) is 2. The van der Waals surface area contributed by atoms with Crippen molar-refractivity contribution in [3.63, 3.8) is 0 Å². The van der Waals surface area contributed by atoms with Gasteiger partial charge in [0.1, 0.15) is 0 Å². The Balaban J connectivity index is 1.24. The van der Waals surface area contributed by atoms with E-state index in [1.165, 1.54) is 83.5 Å². The van der Waals surface area contributed by atoms with Crippen molar-refractivity contribution in [1.29, 1.82) is 0 Å². The summed E-state index contributed by atoms with van der Waals surface area (Å²) in [5.74, 6) is 5.83. The molecular formula is C33H54OS. The Morgan fingerprint density at radius 2 is 1.74 bits per heavy atom. The molecule has 1 nitrogen and oxygen atoms in total. The van der Waals surface area contributed by atoms with Crippen molar-refractivity contribution < 1.29 is 4.79 Å². The molecule has 0 spiro atoms. The van der Waals surface area contributed by atoms with Crippen molar-refractivity contribution in [2.45, 2.75) is 136 Å². The minimum absolute atomic E-state index is 0.372. The molecule has 5 rings (SSSR count). The Hall–Kier alpha value is -0.240. The smallest absolute Gasteiger partial charge is 0.192 e. The summed E-state index contributed by atoms with van der Waals surface area (Å²) in [5, 5.41) is 1.08. The van der Waals surface area contributed by atoms with Crippen LogP contribution in [0.2, 0.25) is 0 Å². The summed E-state index contributed by atoms with van der Waals surface area (Å²) < 4.78 is 0. The van der Waals surface area contributed by atoms with Crippen molar-refractivity contribution in [3.8, 4) is 0 Å². The average Bonchev–Trinajstić information content (AvgIpc) is 3.47. The van der Waals surface area contributed by atoms with Crippen molar-refractivity contribution in [2.24, 2.45) is 52.3 Å². The summed E-state index contributed by atoms with van der Waals surface area (Å²) in [6.45, 7) is 12.7. The second kappa shape index (κ2) is 10.5. The van der Waals surface area contributed by atoms with Gasteiger partial charge in [0, 0.05) is 11.2 Å². The largest absolute Gasteiger partial charge is 0.287 e. The summed E-state index contributed by atoms with van der Waals surface area (Å²) in [4.78, 5) is 12.9. The normalized spacial score (nSPS) is 42.3. The lowest BCUT2D eigenvalue weighted by Crippen LogP contribution is -2.50. The molecule has 0 aliphatic heterocycles. The lowest BCUT2D eigenvalue weighted by Gasteiger charge is -2.58. The zero-order chi connectivity index (χ0) is 24.8. The summed E-state index contributed by atoms with van der Waals surface area (Å²) >= 11 is 1.75. The number of thioether (sulfide) groups is 1. The van der Waals surface area contributed by atoms with E-state index in [-0.39, 0.29) is 0 Å². The highest BCUT2D eigenvalue weighted by molar-refractivity contribution is 8.14. The third-order valence-corrected chi connectivity index (χ3v) is 13.5. The lowest BCUT2D eigenvalue weighted by atomic mass is 9.47. The second-order valence-electron chi connectivity index (χ2n) is 14.6. The molecule has 5 aliphatic rings. The third-order valence-electron chi connectivity index (χ3n) is 12.2. The molecule has 0 heterocycles. The molecule has 0 saturated heterocycles. The first-order valence-corrected chi connectivity index (χ1v) is 16.5. The molecule has 4 saturated carbocycles. The number of hydrogen-bond donors (Lipinski definition) is 0. The molecule has 198 valence electrons. The maximum atomic E-state index is 12.9. The van der Waals surface area contributed by atoms with Crippen LogP contribution in [0.1, 0.15) is 131 Å². The van der Waals surface area contributed by atoms with E-state index in [2.05, 4.69) is 40.7 Å². The highest BCUT2D eigenvalue weighted by atomic mass is 32.2. The van der Waals surface area contributed by atoms with Crippen LogP contribution in [0.25, 0.3) is 0 Å². The summed E-state index contributed by atoms with van der Waals surface area (Å²) in [6, 6.07) is 0. The topological polar surface area (TPSA) is 17.1 Å². The van der Waals surface area contributed by atoms with E-state index in [1.54, 1.807) is 17.3 Å². The summed E-state index contributed by atoms with van der Waals surface area (Å²) in [6.07, 6.45) is 22.8. The number of allylic oxidation sites excluding steroid dienone is 2. The fourth-order valence-electron chi connectivity index (χ4n) is 10.2. The summed E-state index contributed by atoms with van der Waals surface area (Å²) in [5.41, 5.74) is 2.75. The van der Waals surface area contributed by atoms with E-state index >= 15 is 0 Å². The predicted molar refractivity (Wildman–Crippen MR) is 151 cm³/mol. The van der Waals surface area contributed by atoms with Crippen LogP contribution in [0.15, 0.2) is 11.6 Å². The van der Waals surface area contributed by atoms with Crippen LogP contribution in [0.4, 0.5) is 0 Å². The SMILES string of the molecule is CC(C)CCC[C@H](C)[C@H]1CC[C@H]2[C@@H]3CC=C4C[C@H](SC(=O)C5CCCC5)CC[C@]4(C)[C@H]3CC[C@]12C. The average molecular weight is 499 g/mol. The van der Waals surface area contributed by atoms with Gasteiger partial charge >= 0.3 is 0 Å². The van der Waals surface area contributed by atoms with Gasteiger partial charge in [-0.05, 0) is 111 Å². The van der Waals surface area contributed by atoms with Gasteiger partial charge in [0.25, 0.3) is 0 Å². The zero-order valence-corrected chi connectivity index (χ0v) is 24.4. The molecule has 0 aromatic rings. The molecule has 0 aromatic heterocycles. The maximum absolute atomic E-state index is 12.9. The number of carbonyl (C=O) groups is 1. The molecule has 0 amide bonds. The van der Waals surface area contributed by atoms with Crippen LogP contribution in [-0.2, 0) is 4.79 Å². The van der Waals surface area contributed by atoms with Crippen LogP contribution < -0.4 is 0 Å². The predicted octanol–water partition coefficient (Wildman–Crippen LogP) is 9.85. The molecule has 0 unspecified atom stereocenters. The molecule has 8 atom stereocenters.